The summed E-state index contributed by atoms with van der Waals surface area (Å²) in [6.45, 7) is 0.539. The first kappa shape index (κ1) is 12.9. The third kappa shape index (κ3) is 3.69. The fourth-order valence-electron chi connectivity index (χ4n) is 1.42. The molecular formula is C10H12ClNO3S2. The quantitative estimate of drug-likeness (QED) is 0.841. The van der Waals surface area contributed by atoms with Crippen molar-refractivity contribution in [3.63, 3.8) is 0 Å². The highest BCUT2D eigenvalue weighted by molar-refractivity contribution is 8.15. The second-order valence-electron chi connectivity index (χ2n) is 3.97. The maximum absolute atomic E-state index is 11.3. The lowest BCUT2D eigenvalue weighted by Gasteiger charge is -2.01. The molecule has 1 heterocycles. The lowest BCUT2D eigenvalue weighted by atomic mass is 10.3. The van der Waals surface area contributed by atoms with Crippen LogP contribution in [-0.4, -0.2) is 20.9 Å². The Morgan fingerprint density at radius 1 is 1.47 bits per heavy atom. The maximum Gasteiger partial charge on any atom is 0.270 e. The van der Waals surface area contributed by atoms with Gasteiger partial charge in [0.1, 0.15) is 4.21 Å². The van der Waals surface area contributed by atoms with Gasteiger partial charge in [-0.1, -0.05) is 0 Å². The molecule has 1 saturated carbocycles. The fraction of sp³-hybridized carbons (Fsp3) is 0.500. The molecule has 0 aliphatic heterocycles. The average molecular weight is 294 g/mol. The van der Waals surface area contributed by atoms with Gasteiger partial charge in [0, 0.05) is 28.0 Å². The van der Waals surface area contributed by atoms with Crippen molar-refractivity contribution in [2.24, 2.45) is 5.92 Å². The average Bonchev–Trinajstić information content (AvgIpc) is 2.97. The van der Waals surface area contributed by atoms with E-state index in [9.17, 15) is 13.2 Å². The molecule has 1 N–H and O–H groups in total. The van der Waals surface area contributed by atoms with Crippen molar-refractivity contribution >= 4 is 37.0 Å². The predicted octanol–water partition coefficient (Wildman–Crippen LogP) is 1.74. The molecule has 0 spiro atoms. The Labute approximate surface area is 108 Å². The summed E-state index contributed by atoms with van der Waals surface area (Å²) in [6, 6.07) is 3.22. The van der Waals surface area contributed by atoms with E-state index in [2.05, 4.69) is 5.32 Å². The molecule has 17 heavy (non-hydrogen) atoms. The zero-order valence-electron chi connectivity index (χ0n) is 8.98. The summed E-state index contributed by atoms with van der Waals surface area (Å²) in [7, 11) is 1.60. The Balaban J connectivity index is 1.83. The van der Waals surface area contributed by atoms with Crippen molar-refractivity contribution in [1.82, 2.24) is 5.32 Å². The number of hydrogen-bond acceptors (Lipinski definition) is 4. The smallest absolute Gasteiger partial charge is 0.270 e. The molecule has 7 heteroatoms. The van der Waals surface area contributed by atoms with Gasteiger partial charge in [0.25, 0.3) is 9.05 Å². The minimum absolute atomic E-state index is 0.103. The van der Waals surface area contributed by atoms with E-state index < -0.39 is 9.05 Å². The normalized spacial score (nSPS) is 15.8. The number of carbonyl (C=O) groups is 1. The molecule has 2 rings (SSSR count). The Kier molecular flexibility index (Phi) is 3.75. The van der Waals surface area contributed by atoms with Gasteiger partial charge in [0.15, 0.2) is 0 Å². The van der Waals surface area contributed by atoms with Gasteiger partial charge in [-0.05, 0) is 31.4 Å². The number of amides is 1. The largest absolute Gasteiger partial charge is 0.356 e. The molecule has 0 radical (unpaired) electrons. The zero-order chi connectivity index (χ0) is 12.5. The van der Waals surface area contributed by atoms with Gasteiger partial charge in [-0.3, -0.25) is 4.79 Å². The summed E-state index contributed by atoms with van der Waals surface area (Å²) >= 11 is 1.14. The minimum Gasteiger partial charge on any atom is -0.356 e. The predicted molar refractivity (Wildman–Crippen MR) is 66.8 cm³/mol. The van der Waals surface area contributed by atoms with E-state index in [4.69, 9.17) is 10.7 Å². The van der Waals surface area contributed by atoms with Crippen LogP contribution in [0.1, 0.15) is 17.7 Å². The molecule has 94 valence electrons. The highest BCUT2D eigenvalue weighted by Crippen LogP contribution is 2.29. The van der Waals surface area contributed by atoms with Crippen LogP contribution in [0.3, 0.4) is 0 Å². The van der Waals surface area contributed by atoms with Crippen LogP contribution in [0.25, 0.3) is 0 Å². The lowest BCUT2D eigenvalue weighted by molar-refractivity contribution is -0.122. The summed E-state index contributed by atoms with van der Waals surface area (Å²) in [6.07, 6.45) is 2.61. The van der Waals surface area contributed by atoms with Crippen molar-refractivity contribution < 1.29 is 13.2 Å². The number of nitrogens with one attached hydrogen (secondary N) is 1. The first-order valence-electron chi connectivity index (χ1n) is 5.28. The van der Waals surface area contributed by atoms with Crippen molar-refractivity contribution in [3.8, 4) is 0 Å². The van der Waals surface area contributed by atoms with Gasteiger partial charge in [0.05, 0.1) is 0 Å². The SMILES string of the molecule is O=C(NCCc1ccc(S(=O)(=O)Cl)s1)C1CC1. The Morgan fingerprint density at radius 2 is 2.18 bits per heavy atom. The molecule has 0 unspecified atom stereocenters. The Hall–Kier alpha value is -0.590. The summed E-state index contributed by atoms with van der Waals surface area (Å²) in [5.41, 5.74) is 0. The molecule has 0 atom stereocenters. The van der Waals surface area contributed by atoms with E-state index in [0.29, 0.717) is 13.0 Å². The standard InChI is InChI=1S/C10H12ClNO3S2/c11-17(14,15)9-4-3-8(16-9)5-6-12-10(13)7-1-2-7/h3-4,7H,1-2,5-6H2,(H,12,13). The van der Waals surface area contributed by atoms with E-state index in [1.165, 1.54) is 6.07 Å². The third-order valence-electron chi connectivity index (χ3n) is 2.50. The molecule has 1 amide bonds. The first-order chi connectivity index (χ1) is 7.97. The van der Waals surface area contributed by atoms with Gasteiger partial charge < -0.3 is 5.32 Å². The highest BCUT2D eigenvalue weighted by atomic mass is 35.7. The second kappa shape index (κ2) is 4.96. The topological polar surface area (TPSA) is 63.2 Å². The number of halogens is 1. The Bertz CT molecular complexity index is 519. The maximum atomic E-state index is 11.3. The van der Waals surface area contributed by atoms with Crippen LogP contribution in [0.15, 0.2) is 16.3 Å². The molecule has 1 aliphatic rings. The molecule has 0 bridgehead atoms. The fourth-order valence-corrected chi connectivity index (χ4v) is 3.54. The van der Waals surface area contributed by atoms with Crippen LogP contribution < -0.4 is 5.32 Å². The lowest BCUT2D eigenvalue weighted by Crippen LogP contribution is -2.26. The number of hydrogen-bond donors (Lipinski definition) is 1. The van der Waals surface area contributed by atoms with Gasteiger partial charge in [-0.2, -0.15) is 0 Å². The first-order valence-corrected chi connectivity index (χ1v) is 8.40. The summed E-state index contributed by atoms with van der Waals surface area (Å²) < 4.78 is 22.2. The highest BCUT2D eigenvalue weighted by Gasteiger charge is 2.29. The van der Waals surface area contributed by atoms with E-state index in [0.717, 1.165) is 29.1 Å². The minimum atomic E-state index is -3.62. The van der Waals surface area contributed by atoms with Crippen LogP contribution in [0.2, 0.25) is 0 Å². The van der Waals surface area contributed by atoms with Crippen LogP contribution in [-0.2, 0) is 20.3 Å². The van der Waals surface area contributed by atoms with Gasteiger partial charge in [-0.15, -0.1) is 11.3 Å². The van der Waals surface area contributed by atoms with Crippen molar-refractivity contribution in [1.29, 1.82) is 0 Å². The second-order valence-corrected chi connectivity index (χ2v) is 7.94. The van der Waals surface area contributed by atoms with E-state index in [1.807, 2.05) is 0 Å². The summed E-state index contributed by atoms with van der Waals surface area (Å²) in [4.78, 5) is 12.2. The van der Waals surface area contributed by atoms with Crippen molar-refractivity contribution in [2.45, 2.75) is 23.5 Å². The molecule has 0 saturated heterocycles. The Morgan fingerprint density at radius 3 is 2.71 bits per heavy atom. The monoisotopic (exact) mass is 293 g/mol. The van der Waals surface area contributed by atoms with Crippen LogP contribution >= 0.6 is 22.0 Å². The zero-order valence-corrected chi connectivity index (χ0v) is 11.4. The van der Waals surface area contributed by atoms with Crippen molar-refractivity contribution in [2.75, 3.05) is 6.54 Å². The van der Waals surface area contributed by atoms with Crippen LogP contribution in [0.4, 0.5) is 0 Å². The van der Waals surface area contributed by atoms with Gasteiger partial charge in [-0.25, -0.2) is 8.42 Å². The summed E-state index contributed by atoms with van der Waals surface area (Å²) in [5.74, 6) is 0.309. The molecular weight excluding hydrogens is 282 g/mol. The molecule has 1 aromatic rings. The van der Waals surface area contributed by atoms with Crippen LogP contribution in [0, 0.1) is 5.92 Å². The van der Waals surface area contributed by atoms with Crippen molar-refractivity contribution in [3.05, 3.63) is 17.0 Å². The molecule has 0 aromatic carbocycles. The van der Waals surface area contributed by atoms with E-state index >= 15 is 0 Å². The molecule has 4 nitrogen and oxygen atoms in total. The van der Waals surface area contributed by atoms with Gasteiger partial charge in [0.2, 0.25) is 5.91 Å². The van der Waals surface area contributed by atoms with Crippen LogP contribution in [0.5, 0.6) is 0 Å². The number of carbonyl (C=O) groups excluding carboxylic acids is 1. The number of rotatable bonds is 5. The van der Waals surface area contributed by atoms with Gasteiger partial charge >= 0.3 is 0 Å². The number of thiophene rings is 1. The van der Waals surface area contributed by atoms with E-state index in [1.54, 1.807) is 6.07 Å². The third-order valence-corrected chi connectivity index (χ3v) is 5.73. The van der Waals surface area contributed by atoms with E-state index in [-0.39, 0.29) is 16.0 Å². The molecule has 1 aliphatic carbocycles. The molecule has 1 aromatic heterocycles. The summed E-state index contributed by atoms with van der Waals surface area (Å²) in [5, 5.41) is 2.83. The molecule has 1 fully saturated rings.